The largest absolute Gasteiger partial charge is 0.496 e. The van der Waals surface area contributed by atoms with Crippen molar-refractivity contribution in [2.75, 3.05) is 7.11 Å². The number of hydrogen-bond acceptors (Lipinski definition) is 3. The van der Waals surface area contributed by atoms with Gasteiger partial charge in [0.05, 0.1) is 7.11 Å². The SMILES string of the molecule is COc1ccccc1-c1ccccc1OC(N)=O. The molecule has 0 aliphatic carbocycles. The van der Waals surface area contributed by atoms with Gasteiger partial charge in [-0.3, -0.25) is 0 Å². The molecule has 1 amide bonds. The third-order valence-electron chi connectivity index (χ3n) is 2.49. The van der Waals surface area contributed by atoms with Gasteiger partial charge in [-0.05, 0) is 12.1 Å². The first-order chi connectivity index (χ1) is 8.72. The van der Waals surface area contributed by atoms with Gasteiger partial charge < -0.3 is 15.2 Å². The van der Waals surface area contributed by atoms with Crippen LogP contribution in [0.3, 0.4) is 0 Å². The molecule has 4 nitrogen and oxygen atoms in total. The van der Waals surface area contributed by atoms with Crippen LogP contribution < -0.4 is 15.2 Å². The summed E-state index contributed by atoms with van der Waals surface area (Å²) in [6.45, 7) is 0. The van der Waals surface area contributed by atoms with E-state index in [4.69, 9.17) is 15.2 Å². The fourth-order valence-electron chi connectivity index (χ4n) is 1.75. The van der Waals surface area contributed by atoms with Crippen LogP contribution >= 0.6 is 0 Å². The molecule has 0 aromatic heterocycles. The van der Waals surface area contributed by atoms with Gasteiger partial charge in [0.25, 0.3) is 0 Å². The molecular formula is C14H13NO3. The number of para-hydroxylation sites is 2. The van der Waals surface area contributed by atoms with Gasteiger partial charge in [0.15, 0.2) is 0 Å². The Hall–Kier alpha value is -2.49. The molecule has 4 heteroatoms. The molecule has 2 aromatic carbocycles. The summed E-state index contributed by atoms with van der Waals surface area (Å²) in [5.74, 6) is 1.12. The summed E-state index contributed by atoms with van der Waals surface area (Å²) in [5, 5.41) is 0. The molecule has 0 spiro atoms. The highest BCUT2D eigenvalue weighted by Crippen LogP contribution is 2.35. The lowest BCUT2D eigenvalue weighted by atomic mass is 10.0. The van der Waals surface area contributed by atoms with Gasteiger partial charge in [-0.1, -0.05) is 36.4 Å². The highest BCUT2D eigenvalue weighted by molar-refractivity contribution is 5.79. The molecule has 0 unspecified atom stereocenters. The van der Waals surface area contributed by atoms with Gasteiger partial charge in [0.1, 0.15) is 11.5 Å². The quantitative estimate of drug-likeness (QED) is 0.901. The van der Waals surface area contributed by atoms with E-state index in [2.05, 4.69) is 0 Å². The van der Waals surface area contributed by atoms with Gasteiger partial charge in [-0.25, -0.2) is 4.79 Å². The zero-order chi connectivity index (χ0) is 13.0. The van der Waals surface area contributed by atoms with Gasteiger partial charge in [0.2, 0.25) is 0 Å². The molecule has 0 atom stereocenters. The second kappa shape index (κ2) is 5.23. The van der Waals surface area contributed by atoms with E-state index in [9.17, 15) is 4.79 Å². The third-order valence-corrected chi connectivity index (χ3v) is 2.49. The molecule has 0 aliphatic heterocycles. The molecule has 0 bridgehead atoms. The lowest BCUT2D eigenvalue weighted by molar-refractivity contribution is 0.211. The number of rotatable bonds is 3. The van der Waals surface area contributed by atoms with Crippen LogP contribution in [0.4, 0.5) is 4.79 Å². The van der Waals surface area contributed by atoms with E-state index in [1.807, 2.05) is 36.4 Å². The summed E-state index contributed by atoms with van der Waals surface area (Å²) in [7, 11) is 1.59. The molecule has 0 aliphatic rings. The minimum Gasteiger partial charge on any atom is -0.496 e. The molecule has 0 radical (unpaired) electrons. The first kappa shape index (κ1) is 12.0. The fraction of sp³-hybridized carbons (Fsp3) is 0.0714. The number of primary amides is 1. The standard InChI is InChI=1S/C14H13NO3/c1-17-12-8-4-2-6-10(12)11-7-3-5-9-13(11)18-14(15)16/h2-9H,1H3,(H2,15,16). The Morgan fingerprint density at radius 3 is 2.00 bits per heavy atom. The molecular weight excluding hydrogens is 230 g/mol. The smallest absolute Gasteiger partial charge is 0.409 e. The van der Waals surface area contributed by atoms with Crippen molar-refractivity contribution >= 4 is 6.09 Å². The van der Waals surface area contributed by atoms with Gasteiger partial charge >= 0.3 is 6.09 Å². The predicted molar refractivity (Wildman–Crippen MR) is 68.6 cm³/mol. The van der Waals surface area contributed by atoms with Crippen molar-refractivity contribution in [3.8, 4) is 22.6 Å². The van der Waals surface area contributed by atoms with E-state index in [0.717, 1.165) is 11.1 Å². The molecule has 92 valence electrons. The maximum absolute atomic E-state index is 10.9. The van der Waals surface area contributed by atoms with Crippen molar-refractivity contribution in [1.82, 2.24) is 0 Å². The van der Waals surface area contributed by atoms with Crippen molar-refractivity contribution < 1.29 is 14.3 Å². The number of benzene rings is 2. The fourth-order valence-corrected chi connectivity index (χ4v) is 1.75. The second-order valence-electron chi connectivity index (χ2n) is 3.62. The maximum Gasteiger partial charge on any atom is 0.409 e. The monoisotopic (exact) mass is 243 g/mol. The Morgan fingerprint density at radius 1 is 0.944 bits per heavy atom. The summed E-state index contributed by atoms with van der Waals surface area (Å²) in [5.41, 5.74) is 6.65. The van der Waals surface area contributed by atoms with Crippen LogP contribution in [0.15, 0.2) is 48.5 Å². The van der Waals surface area contributed by atoms with Crippen LogP contribution in [-0.2, 0) is 0 Å². The Labute approximate surface area is 105 Å². The molecule has 0 fully saturated rings. The predicted octanol–water partition coefficient (Wildman–Crippen LogP) is 2.82. The Kier molecular flexibility index (Phi) is 3.48. The number of hydrogen-bond donors (Lipinski definition) is 1. The first-order valence-electron chi connectivity index (χ1n) is 5.42. The molecule has 0 heterocycles. The average molecular weight is 243 g/mol. The molecule has 18 heavy (non-hydrogen) atoms. The van der Waals surface area contributed by atoms with E-state index >= 15 is 0 Å². The zero-order valence-electron chi connectivity index (χ0n) is 9.92. The highest BCUT2D eigenvalue weighted by Gasteiger charge is 2.11. The summed E-state index contributed by atoms with van der Waals surface area (Å²) < 4.78 is 10.3. The van der Waals surface area contributed by atoms with Crippen LogP contribution in [0.2, 0.25) is 0 Å². The first-order valence-corrected chi connectivity index (χ1v) is 5.42. The number of nitrogens with two attached hydrogens (primary N) is 1. The Balaban J connectivity index is 2.53. The van der Waals surface area contributed by atoms with Crippen LogP contribution in [0.5, 0.6) is 11.5 Å². The number of ether oxygens (including phenoxy) is 2. The number of carbonyl (C=O) groups is 1. The summed E-state index contributed by atoms with van der Waals surface area (Å²) in [6, 6.07) is 14.7. The number of carbonyl (C=O) groups excluding carboxylic acids is 1. The minimum absolute atomic E-state index is 0.412. The van der Waals surface area contributed by atoms with Crippen molar-refractivity contribution in [2.45, 2.75) is 0 Å². The summed E-state index contributed by atoms with van der Waals surface area (Å²) in [6.07, 6.45) is -0.836. The average Bonchev–Trinajstić information content (AvgIpc) is 2.39. The van der Waals surface area contributed by atoms with E-state index in [1.165, 1.54) is 0 Å². The highest BCUT2D eigenvalue weighted by atomic mass is 16.5. The number of amides is 1. The maximum atomic E-state index is 10.9. The summed E-state index contributed by atoms with van der Waals surface area (Å²) in [4.78, 5) is 10.9. The van der Waals surface area contributed by atoms with Crippen LogP contribution in [0.1, 0.15) is 0 Å². The van der Waals surface area contributed by atoms with Crippen LogP contribution in [0.25, 0.3) is 11.1 Å². The van der Waals surface area contributed by atoms with Gasteiger partial charge in [0, 0.05) is 11.1 Å². The zero-order valence-corrected chi connectivity index (χ0v) is 9.92. The molecule has 0 saturated carbocycles. The molecule has 2 N–H and O–H groups in total. The lowest BCUT2D eigenvalue weighted by Gasteiger charge is -2.11. The van der Waals surface area contributed by atoms with Gasteiger partial charge in [-0.2, -0.15) is 0 Å². The van der Waals surface area contributed by atoms with E-state index < -0.39 is 6.09 Å². The van der Waals surface area contributed by atoms with Crippen LogP contribution in [0, 0.1) is 0 Å². The van der Waals surface area contributed by atoms with Crippen molar-refractivity contribution in [2.24, 2.45) is 5.73 Å². The minimum atomic E-state index is -0.836. The van der Waals surface area contributed by atoms with Crippen molar-refractivity contribution in [3.63, 3.8) is 0 Å². The lowest BCUT2D eigenvalue weighted by Crippen LogP contribution is -2.16. The topological polar surface area (TPSA) is 61.6 Å². The normalized spacial score (nSPS) is 9.83. The second-order valence-corrected chi connectivity index (χ2v) is 3.62. The van der Waals surface area contributed by atoms with Crippen molar-refractivity contribution in [1.29, 1.82) is 0 Å². The van der Waals surface area contributed by atoms with E-state index in [-0.39, 0.29) is 0 Å². The van der Waals surface area contributed by atoms with E-state index in [0.29, 0.717) is 11.5 Å². The molecule has 2 rings (SSSR count). The molecule has 2 aromatic rings. The van der Waals surface area contributed by atoms with Crippen LogP contribution in [-0.4, -0.2) is 13.2 Å². The number of methoxy groups -OCH3 is 1. The van der Waals surface area contributed by atoms with Gasteiger partial charge in [-0.15, -0.1) is 0 Å². The Morgan fingerprint density at radius 2 is 1.44 bits per heavy atom. The third kappa shape index (κ3) is 2.43. The molecule has 0 saturated heterocycles. The van der Waals surface area contributed by atoms with Crippen molar-refractivity contribution in [3.05, 3.63) is 48.5 Å². The van der Waals surface area contributed by atoms with E-state index in [1.54, 1.807) is 19.2 Å². The summed E-state index contributed by atoms with van der Waals surface area (Å²) >= 11 is 0. The Bertz CT molecular complexity index is 566.